The van der Waals surface area contributed by atoms with Crippen LogP contribution in [0.4, 0.5) is 4.39 Å². The molecule has 1 heterocycles. The number of nitrogens with zero attached hydrogens (tertiary/aromatic N) is 1. The van der Waals surface area contributed by atoms with E-state index in [4.69, 9.17) is 9.84 Å². The summed E-state index contributed by atoms with van der Waals surface area (Å²) in [6, 6.07) is 5.43. The molecule has 98 valence electrons. The van der Waals surface area contributed by atoms with Crippen molar-refractivity contribution in [1.82, 2.24) is 4.98 Å². The standard InChI is InChI=1S/C14H12FNO3/c1-9-4-10(7-16-6-9)8-19-13-3-2-11(14(17)18)5-12(13)15/h2-7H,8H2,1H3,(H,17,18). The van der Waals surface area contributed by atoms with Gasteiger partial charge in [-0.25, -0.2) is 9.18 Å². The van der Waals surface area contributed by atoms with Gasteiger partial charge >= 0.3 is 5.97 Å². The molecule has 1 N–H and O–H groups in total. The summed E-state index contributed by atoms with van der Waals surface area (Å²) in [5, 5.41) is 8.72. The lowest BCUT2D eigenvalue weighted by Crippen LogP contribution is -2.01. The summed E-state index contributed by atoms with van der Waals surface area (Å²) in [6.07, 6.45) is 3.35. The summed E-state index contributed by atoms with van der Waals surface area (Å²) in [6.45, 7) is 2.08. The third-order valence-corrected chi connectivity index (χ3v) is 2.50. The highest BCUT2D eigenvalue weighted by atomic mass is 19.1. The molecule has 19 heavy (non-hydrogen) atoms. The molecular weight excluding hydrogens is 249 g/mol. The van der Waals surface area contributed by atoms with Crippen LogP contribution in [0.1, 0.15) is 21.5 Å². The van der Waals surface area contributed by atoms with Crippen molar-refractivity contribution in [3.63, 3.8) is 0 Å². The molecule has 0 fully saturated rings. The second kappa shape index (κ2) is 5.48. The normalized spacial score (nSPS) is 10.2. The van der Waals surface area contributed by atoms with Crippen LogP contribution in [0.2, 0.25) is 0 Å². The predicted molar refractivity (Wildman–Crippen MR) is 66.7 cm³/mol. The maximum atomic E-state index is 13.6. The van der Waals surface area contributed by atoms with Crippen LogP contribution >= 0.6 is 0 Å². The van der Waals surface area contributed by atoms with Crippen molar-refractivity contribution in [2.45, 2.75) is 13.5 Å². The van der Waals surface area contributed by atoms with E-state index < -0.39 is 11.8 Å². The largest absolute Gasteiger partial charge is 0.486 e. The van der Waals surface area contributed by atoms with E-state index in [2.05, 4.69) is 4.98 Å². The maximum absolute atomic E-state index is 13.6. The van der Waals surface area contributed by atoms with E-state index in [0.717, 1.165) is 17.2 Å². The minimum Gasteiger partial charge on any atom is -0.486 e. The highest BCUT2D eigenvalue weighted by Gasteiger charge is 2.09. The monoisotopic (exact) mass is 261 g/mol. The van der Waals surface area contributed by atoms with Crippen molar-refractivity contribution in [3.8, 4) is 5.75 Å². The smallest absolute Gasteiger partial charge is 0.335 e. The van der Waals surface area contributed by atoms with Gasteiger partial charge in [-0.15, -0.1) is 0 Å². The van der Waals surface area contributed by atoms with Gasteiger partial charge in [-0.05, 0) is 36.8 Å². The summed E-state index contributed by atoms with van der Waals surface area (Å²) in [7, 11) is 0. The van der Waals surface area contributed by atoms with Gasteiger partial charge in [0.15, 0.2) is 11.6 Å². The number of hydrogen-bond acceptors (Lipinski definition) is 3. The van der Waals surface area contributed by atoms with Crippen molar-refractivity contribution < 1.29 is 19.0 Å². The number of aromatic nitrogens is 1. The summed E-state index contributed by atoms with van der Waals surface area (Å²) in [5.41, 5.74) is 1.70. The molecule has 0 saturated carbocycles. The van der Waals surface area contributed by atoms with E-state index in [1.165, 1.54) is 12.1 Å². The molecular formula is C14H12FNO3. The third kappa shape index (κ3) is 3.28. The van der Waals surface area contributed by atoms with Crippen LogP contribution in [0.3, 0.4) is 0 Å². The molecule has 2 aromatic rings. The van der Waals surface area contributed by atoms with Crippen LogP contribution in [0.5, 0.6) is 5.75 Å². The van der Waals surface area contributed by atoms with E-state index in [1.54, 1.807) is 12.4 Å². The molecule has 0 aliphatic heterocycles. The molecule has 1 aromatic carbocycles. The van der Waals surface area contributed by atoms with E-state index in [0.29, 0.717) is 0 Å². The Labute approximate surface area is 109 Å². The lowest BCUT2D eigenvalue weighted by atomic mass is 10.2. The molecule has 0 saturated heterocycles. The average Bonchev–Trinajstić information content (AvgIpc) is 2.37. The van der Waals surface area contributed by atoms with Crippen LogP contribution < -0.4 is 4.74 Å². The minimum atomic E-state index is -1.17. The first-order valence-corrected chi connectivity index (χ1v) is 5.62. The Morgan fingerprint density at radius 3 is 2.79 bits per heavy atom. The van der Waals surface area contributed by atoms with Gasteiger partial charge in [-0.2, -0.15) is 0 Å². The van der Waals surface area contributed by atoms with Crippen molar-refractivity contribution in [3.05, 3.63) is 59.2 Å². The zero-order chi connectivity index (χ0) is 13.8. The highest BCUT2D eigenvalue weighted by molar-refractivity contribution is 5.87. The summed E-state index contributed by atoms with van der Waals surface area (Å²) < 4.78 is 18.9. The van der Waals surface area contributed by atoms with Crippen molar-refractivity contribution in [2.24, 2.45) is 0 Å². The molecule has 0 aliphatic carbocycles. The second-order valence-corrected chi connectivity index (χ2v) is 4.11. The summed E-state index contributed by atoms with van der Waals surface area (Å²) in [5.74, 6) is -1.85. The molecule has 2 rings (SSSR count). The van der Waals surface area contributed by atoms with Gasteiger partial charge < -0.3 is 9.84 Å². The Bertz CT molecular complexity index is 613. The Morgan fingerprint density at radius 1 is 1.37 bits per heavy atom. The van der Waals surface area contributed by atoms with Crippen molar-refractivity contribution >= 4 is 5.97 Å². The SMILES string of the molecule is Cc1cncc(COc2ccc(C(=O)O)cc2F)c1. The van der Waals surface area contributed by atoms with Crippen LogP contribution in [0.25, 0.3) is 0 Å². The fraction of sp³-hybridized carbons (Fsp3) is 0.143. The topological polar surface area (TPSA) is 59.4 Å². The fourth-order valence-corrected chi connectivity index (χ4v) is 1.61. The van der Waals surface area contributed by atoms with Gasteiger partial charge in [0.2, 0.25) is 0 Å². The number of hydrogen-bond donors (Lipinski definition) is 1. The van der Waals surface area contributed by atoms with Gasteiger partial charge in [-0.3, -0.25) is 4.98 Å². The summed E-state index contributed by atoms with van der Waals surface area (Å²) >= 11 is 0. The molecule has 0 aliphatic rings. The first kappa shape index (κ1) is 13.0. The number of rotatable bonds is 4. The van der Waals surface area contributed by atoms with E-state index in [-0.39, 0.29) is 17.9 Å². The number of aromatic carboxylic acids is 1. The lowest BCUT2D eigenvalue weighted by molar-refractivity contribution is 0.0696. The Hall–Kier alpha value is -2.43. The van der Waals surface area contributed by atoms with Crippen LogP contribution in [-0.2, 0) is 6.61 Å². The molecule has 0 atom stereocenters. The van der Waals surface area contributed by atoms with Crippen molar-refractivity contribution in [2.75, 3.05) is 0 Å². The van der Waals surface area contributed by atoms with Gasteiger partial charge in [0.25, 0.3) is 0 Å². The van der Waals surface area contributed by atoms with Gasteiger partial charge in [0.1, 0.15) is 6.61 Å². The van der Waals surface area contributed by atoms with Crippen molar-refractivity contribution in [1.29, 1.82) is 0 Å². The molecule has 5 heteroatoms. The Kier molecular flexibility index (Phi) is 3.75. The van der Waals surface area contributed by atoms with Crippen LogP contribution in [0, 0.1) is 12.7 Å². The molecule has 0 radical (unpaired) electrons. The summed E-state index contributed by atoms with van der Waals surface area (Å²) in [4.78, 5) is 14.7. The number of halogens is 1. The predicted octanol–water partition coefficient (Wildman–Crippen LogP) is 2.81. The number of carboxylic acids is 1. The quantitative estimate of drug-likeness (QED) is 0.919. The number of carbonyl (C=O) groups is 1. The Morgan fingerprint density at radius 2 is 2.16 bits per heavy atom. The number of carboxylic acid groups (broad SMARTS) is 1. The Balaban J connectivity index is 2.10. The first-order chi connectivity index (χ1) is 9.06. The molecule has 0 bridgehead atoms. The fourth-order valence-electron chi connectivity index (χ4n) is 1.61. The molecule has 1 aromatic heterocycles. The average molecular weight is 261 g/mol. The number of pyridine rings is 1. The van der Waals surface area contributed by atoms with E-state index in [1.807, 2.05) is 13.0 Å². The maximum Gasteiger partial charge on any atom is 0.335 e. The highest BCUT2D eigenvalue weighted by Crippen LogP contribution is 2.19. The van der Waals surface area contributed by atoms with Crippen LogP contribution in [0.15, 0.2) is 36.7 Å². The minimum absolute atomic E-state index is 0.0199. The third-order valence-electron chi connectivity index (χ3n) is 2.50. The molecule has 0 spiro atoms. The number of benzene rings is 1. The first-order valence-electron chi connectivity index (χ1n) is 5.62. The molecule has 0 unspecified atom stereocenters. The zero-order valence-electron chi connectivity index (χ0n) is 10.3. The van der Waals surface area contributed by atoms with E-state index in [9.17, 15) is 9.18 Å². The number of aryl methyl sites for hydroxylation is 1. The number of ether oxygens (including phenoxy) is 1. The van der Waals surface area contributed by atoms with Gasteiger partial charge in [-0.1, -0.05) is 0 Å². The lowest BCUT2D eigenvalue weighted by Gasteiger charge is -2.08. The molecule has 0 amide bonds. The molecule has 4 nitrogen and oxygen atoms in total. The van der Waals surface area contributed by atoms with Crippen LogP contribution in [-0.4, -0.2) is 16.1 Å². The van der Waals surface area contributed by atoms with E-state index >= 15 is 0 Å². The second-order valence-electron chi connectivity index (χ2n) is 4.11. The van der Waals surface area contributed by atoms with Gasteiger partial charge in [0, 0.05) is 18.0 Å². The zero-order valence-corrected chi connectivity index (χ0v) is 10.3. The van der Waals surface area contributed by atoms with Gasteiger partial charge in [0.05, 0.1) is 5.56 Å².